The Hall–Kier alpha value is 0.240. The van der Waals surface area contributed by atoms with Crippen molar-refractivity contribution in [1.82, 2.24) is 0 Å². The molecule has 1 aliphatic heterocycles. The molecular formula is C9H9CaNS. The minimum atomic E-state index is 0. The summed E-state index contributed by atoms with van der Waals surface area (Å²) in [6.07, 6.45) is 5.84. The van der Waals surface area contributed by atoms with E-state index in [0.29, 0.717) is 0 Å². The Labute approximate surface area is 109 Å². The van der Waals surface area contributed by atoms with E-state index in [1.165, 1.54) is 22.4 Å². The Morgan fingerprint density at radius 3 is 3.00 bits per heavy atom. The SMILES string of the molecule is C1=Cc2ccccc2SN=C1.[Ca+2].[H-].[H-]. The molecule has 58 valence electrons. The molecule has 12 heavy (non-hydrogen) atoms. The van der Waals surface area contributed by atoms with E-state index in [1.54, 1.807) is 0 Å². The third-order valence-corrected chi connectivity index (χ3v) is 2.29. The van der Waals surface area contributed by atoms with E-state index in [0.717, 1.165) is 0 Å². The number of hydrogen-bond donors (Lipinski definition) is 0. The normalized spacial score (nSPS) is 13.0. The molecule has 0 radical (unpaired) electrons. The van der Waals surface area contributed by atoms with Crippen LogP contribution in [-0.4, -0.2) is 44.0 Å². The monoisotopic (exact) mass is 203 g/mol. The zero-order valence-electron chi connectivity index (χ0n) is 8.60. The van der Waals surface area contributed by atoms with Gasteiger partial charge >= 0.3 is 37.7 Å². The number of rotatable bonds is 0. The maximum absolute atomic E-state index is 4.12. The van der Waals surface area contributed by atoms with Crippen LogP contribution in [0.25, 0.3) is 6.08 Å². The van der Waals surface area contributed by atoms with Crippen molar-refractivity contribution in [3.05, 3.63) is 35.9 Å². The van der Waals surface area contributed by atoms with Gasteiger partial charge in [0, 0.05) is 23.1 Å². The summed E-state index contributed by atoms with van der Waals surface area (Å²) >= 11 is 1.52. The zero-order chi connectivity index (χ0) is 7.52. The summed E-state index contributed by atoms with van der Waals surface area (Å²) in [6, 6.07) is 8.23. The molecule has 1 heterocycles. The average Bonchev–Trinajstić information content (AvgIpc) is 2.28. The predicted octanol–water partition coefficient (Wildman–Crippen LogP) is 2.64. The van der Waals surface area contributed by atoms with Crippen molar-refractivity contribution in [2.75, 3.05) is 0 Å². The van der Waals surface area contributed by atoms with Gasteiger partial charge in [0.25, 0.3) is 0 Å². The van der Waals surface area contributed by atoms with Gasteiger partial charge in [0.15, 0.2) is 0 Å². The number of nitrogens with zero attached hydrogens (tertiary/aromatic N) is 1. The molecule has 1 nitrogen and oxygen atoms in total. The first kappa shape index (κ1) is 10.3. The van der Waals surface area contributed by atoms with Gasteiger partial charge in [-0.15, -0.1) is 0 Å². The molecule has 0 aliphatic carbocycles. The van der Waals surface area contributed by atoms with Crippen molar-refractivity contribution in [2.45, 2.75) is 4.90 Å². The Kier molecular flexibility index (Phi) is 4.36. The maximum Gasteiger partial charge on any atom is 2.00 e. The molecule has 3 heteroatoms. The molecule has 0 N–H and O–H groups in total. The van der Waals surface area contributed by atoms with Crippen LogP contribution < -0.4 is 0 Å². The summed E-state index contributed by atoms with van der Waals surface area (Å²) in [4.78, 5) is 1.22. The molecule has 1 aliphatic rings. The molecule has 0 amide bonds. The number of benzene rings is 1. The summed E-state index contributed by atoms with van der Waals surface area (Å²) in [5.74, 6) is 0. The minimum Gasteiger partial charge on any atom is -1.00 e. The van der Waals surface area contributed by atoms with E-state index < -0.39 is 0 Å². The van der Waals surface area contributed by atoms with Crippen LogP contribution in [-0.2, 0) is 0 Å². The first-order valence-corrected chi connectivity index (χ1v) is 4.20. The third-order valence-electron chi connectivity index (χ3n) is 1.49. The predicted molar refractivity (Wildman–Crippen MR) is 57.8 cm³/mol. The van der Waals surface area contributed by atoms with Gasteiger partial charge in [0.1, 0.15) is 0 Å². The molecule has 0 unspecified atom stereocenters. The second-order valence-corrected chi connectivity index (χ2v) is 3.08. The molecule has 0 atom stereocenters. The molecule has 0 aromatic heterocycles. The molecule has 1 aromatic carbocycles. The van der Waals surface area contributed by atoms with Crippen molar-refractivity contribution in [3.63, 3.8) is 0 Å². The molecular weight excluding hydrogens is 194 g/mol. The topological polar surface area (TPSA) is 12.4 Å². The fraction of sp³-hybridized carbons (Fsp3) is 0. The van der Waals surface area contributed by atoms with Crippen molar-refractivity contribution < 1.29 is 2.85 Å². The van der Waals surface area contributed by atoms with Gasteiger partial charge in [-0.3, -0.25) is 0 Å². The number of fused-ring (bicyclic) bond motifs is 1. The van der Waals surface area contributed by atoms with E-state index in [1.807, 2.05) is 24.4 Å². The van der Waals surface area contributed by atoms with Crippen molar-refractivity contribution in [1.29, 1.82) is 0 Å². The van der Waals surface area contributed by atoms with Crippen molar-refractivity contribution >= 4 is 62.0 Å². The molecule has 0 fully saturated rings. The standard InChI is InChI=1S/C9H7NS.Ca.2H/c1-2-6-9-8(4-1)5-3-7-10-11-9;;;/h1-7H;;;/q;+2;2*-1. The molecule has 0 saturated carbocycles. The van der Waals surface area contributed by atoms with Gasteiger partial charge < -0.3 is 2.85 Å². The smallest absolute Gasteiger partial charge is 1.00 e. The fourth-order valence-corrected chi connectivity index (χ4v) is 1.60. The van der Waals surface area contributed by atoms with Crippen LogP contribution in [0.4, 0.5) is 0 Å². The van der Waals surface area contributed by atoms with Crippen LogP contribution in [0.1, 0.15) is 8.42 Å². The van der Waals surface area contributed by atoms with Crippen LogP contribution in [0.3, 0.4) is 0 Å². The Morgan fingerprint density at radius 1 is 1.25 bits per heavy atom. The van der Waals surface area contributed by atoms with Gasteiger partial charge in [-0.05, 0) is 17.7 Å². The molecule has 0 bridgehead atoms. The van der Waals surface area contributed by atoms with Crippen LogP contribution >= 0.6 is 11.9 Å². The summed E-state index contributed by atoms with van der Waals surface area (Å²) in [5, 5.41) is 0. The summed E-state index contributed by atoms with van der Waals surface area (Å²) in [7, 11) is 0. The quantitative estimate of drug-likeness (QED) is 0.466. The van der Waals surface area contributed by atoms with E-state index >= 15 is 0 Å². The van der Waals surface area contributed by atoms with E-state index in [2.05, 4.69) is 22.6 Å². The van der Waals surface area contributed by atoms with Crippen molar-refractivity contribution in [3.8, 4) is 0 Å². The fourth-order valence-electron chi connectivity index (χ4n) is 0.970. The van der Waals surface area contributed by atoms with Crippen LogP contribution in [0.15, 0.2) is 39.6 Å². The average molecular weight is 203 g/mol. The Morgan fingerprint density at radius 2 is 2.08 bits per heavy atom. The largest absolute Gasteiger partial charge is 2.00 e. The number of allylic oxidation sites excluding steroid dienone is 1. The first-order valence-electron chi connectivity index (χ1n) is 3.43. The van der Waals surface area contributed by atoms with Crippen LogP contribution in [0, 0.1) is 0 Å². The van der Waals surface area contributed by atoms with Gasteiger partial charge in [-0.1, -0.05) is 24.3 Å². The summed E-state index contributed by atoms with van der Waals surface area (Å²) in [6.45, 7) is 0. The molecule has 1 aromatic rings. The Bertz CT molecular complexity index is 328. The van der Waals surface area contributed by atoms with Crippen molar-refractivity contribution in [2.24, 2.45) is 4.40 Å². The van der Waals surface area contributed by atoms with Gasteiger partial charge in [-0.2, -0.15) is 0 Å². The summed E-state index contributed by atoms with van der Waals surface area (Å²) in [5.41, 5.74) is 1.25. The van der Waals surface area contributed by atoms with Gasteiger partial charge in [-0.25, -0.2) is 4.40 Å². The Balaban J connectivity index is 0. The molecule has 2 rings (SSSR count). The second-order valence-electron chi connectivity index (χ2n) is 2.24. The van der Waals surface area contributed by atoms with Gasteiger partial charge in [0.2, 0.25) is 0 Å². The molecule has 0 spiro atoms. The van der Waals surface area contributed by atoms with E-state index in [-0.39, 0.29) is 40.6 Å². The van der Waals surface area contributed by atoms with Crippen LogP contribution in [0.5, 0.6) is 0 Å². The minimum absolute atomic E-state index is 0. The second kappa shape index (κ2) is 5.07. The van der Waals surface area contributed by atoms with E-state index in [9.17, 15) is 0 Å². The van der Waals surface area contributed by atoms with Crippen LogP contribution in [0.2, 0.25) is 0 Å². The number of hydrogen-bond acceptors (Lipinski definition) is 2. The van der Waals surface area contributed by atoms with Gasteiger partial charge in [0.05, 0.1) is 0 Å². The van der Waals surface area contributed by atoms with E-state index in [4.69, 9.17) is 0 Å². The maximum atomic E-state index is 4.12. The third kappa shape index (κ3) is 2.36. The molecule has 0 saturated heterocycles. The first-order chi connectivity index (χ1) is 5.47. The summed E-state index contributed by atoms with van der Waals surface area (Å²) < 4.78 is 4.12. The zero-order valence-corrected chi connectivity index (χ0v) is 9.63.